The van der Waals surface area contributed by atoms with Gasteiger partial charge in [-0.3, -0.25) is 0 Å². The molecule has 91 valence electrons. The van der Waals surface area contributed by atoms with E-state index < -0.39 is 0 Å². The Morgan fingerprint density at radius 3 is 2.00 bits per heavy atom. The van der Waals surface area contributed by atoms with Crippen LogP contribution in [0.4, 0.5) is 0 Å². The Bertz CT molecular complexity index is 118. The summed E-state index contributed by atoms with van der Waals surface area (Å²) in [5, 5.41) is 0. The zero-order valence-electron chi connectivity index (χ0n) is 11.4. The van der Waals surface area contributed by atoms with Gasteiger partial charge in [0.2, 0.25) is 0 Å². The molecule has 0 bridgehead atoms. The van der Waals surface area contributed by atoms with E-state index in [0.717, 1.165) is 0 Å². The van der Waals surface area contributed by atoms with Crippen molar-refractivity contribution in [3.63, 3.8) is 0 Å². The summed E-state index contributed by atoms with van der Waals surface area (Å²) in [5.41, 5.74) is 0.523. The maximum absolute atomic E-state index is 2.50. The first-order chi connectivity index (χ1) is 7.06. The highest BCUT2D eigenvalue weighted by atomic mass is 14.1. The topological polar surface area (TPSA) is 0 Å². The molecule has 0 atom stereocenters. The van der Waals surface area contributed by atoms with Gasteiger partial charge in [-0.15, -0.1) is 0 Å². The van der Waals surface area contributed by atoms with Gasteiger partial charge < -0.3 is 0 Å². The summed E-state index contributed by atoms with van der Waals surface area (Å²) in [5.74, 6) is 0. The number of rotatable bonds is 9. The molecule has 0 saturated carbocycles. The van der Waals surface area contributed by atoms with Gasteiger partial charge in [-0.05, 0) is 18.3 Å². The molecular weight excluding hydrogens is 180 g/mol. The van der Waals surface area contributed by atoms with Gasteiger partial charge in [-0.25, -0.2) is 0 Å². The highest BCUT2D eigenvalue weighted by Crippen LogP contribution is 2.22. The van der Waals surface area contributed by atoms with Crippen molar-refractivity contribution in [1.82, 2.24) is 0 Å². The smallest absolute Gasteiger partial charge is 0.0383 e. The first-order valence-corrected chi connectivity index (χ1v) is 6.88. The van der Waals surface area contributed by atoms with Crippen LogP contribution in [0.1, 0.15) is 85.5 Å². The monoisotopic (exact) mass is 211 g/mol. The lowest BCUT2D eigenvalue weighted by Gasteiger charge is -2.17. The van der Waals surface area contributed by atoms with Gasteiger partial charge in [0, 0.05) is 0 Å². The minimum atomic E-state index is 0.523. The SMILES string of the molecule is CCCCCCC[CH]CCCC(C)(C)C. The summed E-state index contributed by atoms with van der Waals surface area (Å²) < 4.78 is 0. The number of hydrogen-bond donors (Lipinski definition) is 0. The highest BCUT2D eigenvalue weighted by molar-refractivity contribution is 4.68. The molecule has 0 aliphatic heterocycles. The van der Waals surface area contributed by atoms with Gasteiger partial charge in [0.05, 0.1) is 0 Å². The third kappa shape index (κ3) is 14.0. The molecular formula is C15H31. The van der Waals surface area contributed by atoms with Crippen molar-refractivity contribution in [1.29, 1.82) is 0 Å². The van der Waals surface area contributed by atoms with E-state index in [0.29, 0.717) is 5.41 Å². The Labute approximate surface area is 97.8 Å². The van der Waals surface area contributed by atoms with Crippen molar-refractivity contribution < 1.29 is 0 Å². The molecule has 0 aromatic carbocycles. The first-order valence-electron chi connectivity index (χ1n) is 6.88. The van der Waals surface area contributed by atoms with Crippen LogP contribution in [0.15, 0.2) is 0 Å². The molecule has 0 heterocycles. The minimum absolute atomic E-state index is 0.523. The van der Waals surface area contributed by atoms with Crippen LogP contribution in [-0.2, 0) is 0 Å². The zero-order valence-corrected chi connectivity index (χ0v) is 11.4. The highest BCUT2D eigenvalue weighted by Gasteiger charge is 2.08. The Hall–Kier alpha value is 0. The normalized spacial score (nSPS) is 12.0. The second kappa shape index (κ2) is 9.24. The molecule has 0 rings (SSSR count). The molecule has 0 aliphatic rings. The molecule has 0 nitrogen and oxygen atoms in total. The number of hydrogen-bond acceptors (Lipinski definition) is 0. The summed E-state index contributed by atoms with van der Waals surface area (Å²) in [7, 11) is 0. The van der Waals surface area contributed by atoms with E-state index in [1.54, 1.807) is 0 Å². The predicted molar refractivity (Wildman–Crippen MR) is 71.0 cm³/mol. The third-order valence-electron chi connectivity index (χ3n) is 2.85. The Balaban J connectivity index is 2.99. The maximum atomic E-state index is 2.50. The molecule has 0 aromatic rings. The first kappa shape index (κ1) is 15.0. The van der Waals surface area contributed by atoms with E-state index in [-0.39, 0.29) is 0 Å². The maximum Gasteiger partial charge on any atom is -0.0383 e. The van der Waals surface area contributed by atoms with Gasteiger partial charge in [0.1, 0.15) is 0 Å². The van der Waals surface area contributed by atoms with Crippen molar-refractivity contribution in [3.05, 3.63) is 6.42 Å². The van der Waals surface area contributed by atoms with E-state index in [9.17, 15) is 0 Å². The second-order valence-corrected chi connectivity index (χ2v) is 5.94. The van der Waals surface area contributed by atoms with Crippen LogP contribution in [-0.4, -0.2) is 0 Å². The van der Waals surface area contributed by atoms with E-state index in [4.69, 9.17) is 0 Å². The Kier molecular flexibility index (Phi) is 9.24. The molecule has 1 radical (unpaired) electrons. The molecule has 0 N–H and O–H groups in total. The van der Waals surface area contributed by atoms with E-state index in [1.165, 1.54) is 57.8 Å². The van der Waals surface area contributed by atoms with Crippen LogP contribution in [0.25, 0.3) is 0 Å². The predicted octanol–water partition coefficient (Wildman–Crippen LogP) is 5.77. The van der Waals surface area contributed by atoms with Crippen LogP contribution in [0.2, 0.25) is 0 Å². The third-order valence-corrected chi connectivity index (χ3v) is 2.85. The van der Waals surface area contributed by atoms with E-state index >= 15 is 0 Å². The van der Waals surface area contributed by atoms with Crippen LogP contribution < -0.4 is 0 Å². The molecule has 0 aliphatic carbocycles. The molecule has 0 amide bonds. The van der Waals surface area contributed by atoms with Crippen molar-refractivity contribution in [3.8, 4) is 0 Å². The fourth-order valence-corrected chi connectivity index (χ4v) is 1.81. The van der Waals surface area contributed by atoms with Gasteiger partial charge in [-0.1, -0.05) is 79.1 Å². The average molecular weight is 211 g/mol. The van der Waals surface area contributed by atoms with E-state index in [2.05, 4.69) is 34.1 Å². The lowest BCUT2D eigenvalue weighted by molar-refractivity contribution is 0.364. The molecule has 0 fully saturated rings. The van der Waals surface area contributed by atoms with E-state index in [1.807, 2.05) is 0 Å². The molecule has 0 unspecified atom stereocenters. The van der Waals surface area contributed by atoms with Gasteiger partial charge in [0.15, 0.2) is 0 Å². The summed E-state index contributed by atoms with van der Waals surface area (Å²) in [6.07, 6.45) is 15.0. The second-order valence-electron chi connectivity index (χ2n) is 5.94. The van der Waals surface area contributed by atoms with Crippen molar-refractivity contribution in [2.75, 3.05) is 0 Å². The van der Waals surface area contributed by atoms with Crippen LogP contribution >= 0.6 is 0 Å². The van der Waals surface area contributed by atoms with Crippen LogP contribution in [0, 0.1) is 11.8 Å². The van der Waals surface area contributed by atoms with Crippen LogP contribution in [0.5, 0.6) is 0 Å². The summed E-state index contributed by atoms with van der Waals surface area (Å²) >= 11 is 0. The van der Waals surface area contributed by atoms with Gasteiger partial charge in [0.25, 0.3) is 0 Å². The van der Waals surface area contributed by atoms with Crippen LogP contribution in [0.3, 0.4) is 0 Å². The number of unbranched alkanes of at least 4 members (excludes halogenated alkanes) is 8. The lowest BCUT2D eigenvalue weighted by Crippen LogP contribution is -2.03. The van der Waals surface area contributed by atoms with Crippen molar-refractivity contribution in [2.45, 2.75) is 85.5 Å². The Morgan fingerprint density at radius 2 is 1.40 bits per heavy atom. The fraction of sp³-hybridized carbons (Fsp3) is 0.933. The van der Waals surface area contributed by atoms with Gasteiger partial charge in [-0.2, -0.15) is 0 Å². The summed E-state index contributed by atoms with van der Waals surface area (Å²) in [6, 6.07) is 0. The molecule has 15 heavy (non-hydrogen) atoms. The Morgan fingerprint density at radius 1 is 0.800 bits per heavy atom. The molecule has 0 aromatic heterocycles. The summed E-state index contributed by atoms with van der Waals surface area (Å²) in [4.78, 5) is 0. The average Bonchev–Trinajstić information content (AvgIpc) is 2.14. The van der Waals surface area contributed by atoms with Gasteiger partial charge >= 0.3 is 0 Å². The summed E-state index contributed by atoms with van der Waals surface area (Å²) in [6.45, 7) is 9.27. The lowest BCUT2D eigenvalue weighted by atomic mass is 9.89. The minimum Gasteiger partial charge on any atom is -0.0654 e. The molecule has 0 saturated heterocycles. The molecule has 0 spiro atoms. The molecule has 0 heteroatoms. The standard InChI is InChI=1S/C15H31/c1-5-6-7-8-9-10-11-12-13-14-15(2,3)4/h11H,5-10,12-14H2,1-4H3. The quantitative estimate of drug-likeness (QED) is 0.425. The van der Waals surface area contributed by atoms with Crippen molar-refractivity contribution in [2.24, 2.45) is 5.41 Å². The fourth-order valence-electron chi connectivity index (χ4n) is 1.81. The zero-order chi connectivity index (χ0) is 11.6. The largest absolute Gasteiger partial charge is 0.0654 e. The van der Waals surface area contributed by atoms with Crippen molar-refractivity contribution >= 4 is 0 Å².